The zero-order valence-electron chi connectivity index (χ0n) is 10.1. The monoisotopic (exact) mass is 246 g/mol. The normalized spacial score (nSPS) is 11.2. The SMILES string of the molecule is C#CCOc1ccc(C(O)C(=C)C(=O)OC)cc1. The highest BCUT2D eigenvalue weighted by Crippen LogP contribution is 2.23. The molecule has 0 radical (unpaired) electrons. The number of methoxy groups -OCH3 is 1. The molecule has 0 fully saturated rings. The summed E-state index contributed by atoms with van der Waals surface area (Å²) in [5.74, 6) is 2.29. The van der Waals surface area contributed by atoms with Gasteiger partial charge in [0.1, 0.15) is 18.5 Å². The number of hydrogen-bond acceptors (Lipinski definition) is 4. The molecule has 1 aromatic carbocycles. The van der Waals surface area contributed by atoms with E-state index in [4.69, 9.17) is 11.2 Å². The first-order valence-corrected chi connectivity index (χ1v) is 5.21. The van der Waals surface area contributed by atoms with Gasteiger partial charge in [0.25, 0.3) is 0 Å². The van der Waals surface area contributed by atoms with Crippen molar-refractivity contribution in [3.63, 3.8) is 0 Å². The minimum absolute atomic E-state index is 0.0187. The van der Waals surface area contributed by atoms with Crippen LogP contribution in [0.4, 0.5) is 0 Å². The molecule has 0 aliphatic carbocycles. The quantitative estimate of drug-likeness (QED) is 0.485. The summed E-state index contributed by atoms with van der Waals surface area (Å²) in [6.07, 6.45) is 3.97. The number of terminal acetylenes is 1. The van der Waals surface area contributed by atoms with Crippen LogP contribution in [-0.4, -0.2) is 24.8 Å². The second-order valence-electron chi connectivity index (χ2n) is 3.48. The Morgan fingerprint density at radius 3 is 2.61 bits per heavy atom. The first kappa shape index (κ1) is 13.8. The lowest BCUT2D eigenvalue weighted by Crippen LogP contribution is -2.11. The Kier molecular flexibility index (Phi) is 4.97. The van der Waals surface area contributed by atoms with Crippen molar-refractivity contribution in [1.82, 2.24) is 0 Å². The molecule has 0 bridgehead atoms. The molecule has 1 N–H and O–H groups in total. The van der Waals surface area contributed by atoms with Crippen LogP contribution in [0.1, 0.15) is 11.7 Å². The van der Waals surface area contributed by atoms with Gasteiger partial charge in [-0.2, -0.15) is 0 Å². The van der Waals surface area contributed by atoms with Gasteiger partial charge in [0.15, 0.2) is 0 Å². The third-order valence-corrected chi connectivity index (χ3v) is 2.30. The fourth-order valence-corrected chi connectivity index (χ4v) is 1.32. The molecule has 94 valence electrons. The van der Waals surface area contributed by atoms with E-state index in [1.54, 1.807) is 24.3 Å². The maximum atomic E-state index is 11.2. The van der Waals surface area contributed by atoms with Gasteiger partial charge in [-0.05, 0) is 17.7 Å². The number of benzene rings is 1. The van der Waals surface area contributed by atoms with Gasteiger partial charge in [-0.15, -0.1) is 6.42 Å². The first-order chi connectivity index (χ1) is 8.60. The first-order valence-electron chi connectivity index (χ1n) is 5.21. The highest BCUT2D eigenvalue weighted by molar-refractivity contribution is 5.88. The van der Waals surface area contributed by atoms with E-state index in [1.165, 1.54) is 7.11 Å². The molecule has 0 aromatic heterocycles. The van der Waals surface area contributed by atoms with E-state index in [1.807, 2.05) is 0 Å². The van der Waals surface area contributed by atoms with Crippen LogP contribution in [0.25, 0.3) is 0 Å². The zero-order chi connectivity index (χ0) is 13.5. The average molecular weight is 246 g/mol. The summed E-state index contributed by atoms with van der Waals surface area (Å²) in [5, 5.41) is 9.88. The second-order valence-corrected chi connectivity index (χ2v) is 3.48. The van der Waals surface area contributed by atoms with Gasteiger partial charge in [0, 0.05) is 0 Å². The van der Waals surface area contributed by atoms with Gasteiger partial charge in [-0.3, -0.25) is 0 Å². The summed E-state index contributed by atoms with van der Waals surface area (Å²) in [5.41, 5.74) is 0.508. The predicted molar refractivity (Wildman–Crippen MR) is 66.9 cm³/mol. The topological polar surface area (TPSA) is 55.8 Å². The third-order valence-electron chi connectivity index (χ3n) is 2.30. The minimum atomic E-state index is -1.10. The molecule has 0 spiro atoms. The van der Waals surface area contributed by atoms with E-state index in [-0.39, 0.29) is 12.2 Å². The van der Waals surface area contributed by atoms with Crippen LogP contribution in [0, 0.1) is 12.3 Å². The third kappa shape index (κ3) is 3.37. The Morgan fingerprint density at radius 1 is 1.50 bits per heavy atom. The zero-order valence-corrected chi connectivity index (χ0v) is 10.1. The van der Waals surface area contributed by atoms with E-state index in [0.29, 0.717) is 11.3 Å². The Bertz CT molecular complexity index is 468. The fraction of sp³-hybridized carbons (Fsp3) is 0.214. The van der Waals surface area contributed by atoms with Crippen molar-refractivity contribution in [2.24, 2.45) is 0 Å². The van der Waals surface area contributed by atoms with Gasteiger partial charge in [-0.25, -0.2) is 4.79 Å². The lowest BCUT2D eigenvalue weighted by Gasteiger charge is -2.12. The molecule has 0 saturated heterocycles. The summed E-state index contributed by atoms with van der Waals surface area (Å²) < 4.78 is 9.67. The predicted octanol–water partition coefficient (Wildman–Crippen LogP) is 1.46. The number of esters is 1. The lowest BCUT2D eigenvalue weighted by molar-refractivity contribution is -0.137. The van der Waals surface area contributed by atoms with Crippen LogP contribution in [0.5, 0.6) is 5.75 Å². The van der Waals surface area contributed by atoms with Crippen molar-refractivity contribution in [2.75, 3.05) is 13.7 Å². The Balaban J connectivity index is 2.76. The number of aliphatic hydroxyl groups excluding tert-OH is 1. The largest absolute Gasteiger partial charge is 0.481 e. The van der Waals surface area contributed by atoms with Crippen molar-refractivity contribution < 1.29 is 19.4 Å². The summed E-state index contributed by atoms with van der Waals surface area (Å²) in [6.45, 7) is 3.67. The van der Waals surface area contributed by atoms with Gasteiger partial charge in [0.2, 0.25) is 0 Å². The van der Waals surface area contributed by atoms with Crippen LogP contribution in [0.2, 0.25) is 0 Å². The van der Waals surface area contributed by atoms with Crippen LogP contribution < -0.4 is 4.74 Å². The van der Waals surface area contributed by atoms with Crippen molar-refractivity contribution in [2.45, 2.75) is 6.10 Å². The van der Waals surface area contributed by atoms with E-state index < -0.39 is 12.1 Å². The number of carbonyl (C=O) groups is 1. The standard InChI is InChI=1S/C14H14O4/c1-4-9-18-12-7-5-11(6-8-12)13(15)10(2)14(16)17-3/h1,5-8,13,15H,2,9H2,3H3. The Hall–Kier alpha value is -2.25. The summed E-state index contributed by atoms with van der Waals surface area (Å²) >= 11 is 0. The molecular weight excluding hydrogens is 232 g/mol. The summed E-state index contributed by atoms with van der Waals surface area (Å²) in [7, 11) is 1.23. The number of carbonyl (C=O) groups excluding carboxylic acids is 1. The van der Waals surface area contributed by atoms with Gasteiger partial charge in [0.05, 0.1) is 12.7 Å². The van der Waals surface area contributed by atoms with Gasteiger partial charge in [-0.1, -0.05) is 24.6 Å². The maximum Gasteiger partial charge on any atom is 0.336 e. The number of aliphatic hydroxyl groups is 1. The molecule has 1 unspecified atom stereocenters. The van der Waals surface area contributed by atoms with Crippen LogP contribution in [-0.2, 0) is 9.53 Å². The molecule has 1 rings (SSSR count). The van der Waals surface area contributed by atoms with Crippen LogP contribution in [0.3, 0.4) is 0 Å². The molecule has 4 nitrogen and oxygen atoms in total. The molecule has 0 saturated carbocycles. The van der Waals surface area contributed by atoms with Crippen molar-refractivity contribution in [1.29, 1.82) is 0 Å². The second kappa shape index (κ2) is 6.48. The molecule has 0 amide bonds. The fourth-order valence-electron chi connectivity index (χ4n) is 1.32. The number of ether oxygens (including phenoxy) is 2. The van der Waals surface area contributed by atoms with Gasteiger partial charge >= 0.3 is 5.97 Å². The Morgan fingerprint density at radius 2 is 2.11 bits per heavy atom. The van der Waals surface area contributed by atoms with E-state index in [2.05, 4.69) is 17.2 Å². The van der Waals surface area contributed by atoms with Crippen molar-refractivity contribution in [3.05, 3.63) is 42.0 Å². The van der Waals surface area contributed by atoms with E-state index in [9.17, 15) is 9.90 Å². The summed E-state index contributed by atoms with van der Waals surface area (Å²) in [6, 6.07) is 6.57. The number of hydrogen-bond donors (Lipinski definition) is 1. The van der Waals surface area contributed by atoms with Crippen molar-refractivity contribution in [3.8, 4) is 18.1 Å². The average Bonchev–Trinajstić information content (AvgIpc) is 2.43. The van der Waals surface area contributed by atoms with E-state index in [0.717, 1.165) is 0 Å². The molecule has 0 heterocycles. The highest BCUT2D eigenvalue weighted by Gasteiger charge is 2.18. The summed E-state index contributed by atoms with van der Waals surface area (Å²) in [4.78, 5) is 11.2. The molecule has 1 aromatic rings. The lowest BCUT2D eigenvalue weighted by atomic mass is 10.0. The van der Waals surface area contributed by atoms with Crippen molar-refractivity contribution >= 4 is 5.97 Å². The van der Waals surface area contributed by atoms with Gasteiger partial charge < -0.3 is 14.6 Å². The minimum Gasteiger partial charge on any atom is -0.481 e. The molecule has 18 heavy (non-hydrogen) atoms. The Labute approximate surface area is 106 Å². The molecule has 0 aliphatic heterocycles. The van der Waals surface area contributed by atoms with Crippen LogP contribution >= 0.6 is 0 Å². The molecule has 4 heteroatoms. The number of rotatable bonds is 5. The van der Waals surface area contributed by atoms with E-state index >= 15 is 0 Å². The maximum absolute atomic E-state index is 11.2. The smallest absolute Gasteiger partial charge is 0.336 e. The highest BCUT2D eigenvalue weighted by atomic mass is 16.5. The molecule has 1 atom stereocenters. The van der Waals surface area contributed by atoms with Crippen LogP contribution in [0.15, 0.2) is 36.4 Å². The molecule has 0 aliphatic rings. The molecular formula is C14H14O4.